The van der Waals surface area contributed by atoms with Gasteiger partial charge in [-0.25, -0.2) is 0 Å². The first-order chi connectivity index (χ1) is 66.3. The van der Waals surface area contributed by atoms with Crippen LogP contribution in [0.15, 0.2) is 256 Å². The third-order valence-corrected chi connectivity index (χ3v) is 22.0. The zero-order valence-corrected chi connectivity index (χ0v) is 101. The fourth-order valence-electron chi connectivity index (χ4n) is 15.4. The van der Waals surface area contributed by atoms with Crippen LogP contribution in [0.3, 0.4) is 0 Å². The summed E-state index contributed by atoms with van der Waals surface area (Å²) < 4.78 is 54.8. The lowest BCUT2D eigenvalue weighted by Crippen LogP contribution is -2.01. The average molecular weight is 2030 g/mol. The van der Waals surface area contributed by atoms with Gasteiger partial charge >= 0.3 is 0 Å². The van der Waals surface area contributed by atoms with Crippen molar-refractivity contribution in [2.45, 2.75) is 442 Å². The van der Waals surface area contributed by atoms with Crippen LogP contribution in [0.2, 0.25) is 0 Å². The highest BCUT2D eigenvalue weighted by atomic mass is 32.2. The van der Waals surface area contributed by atoms with Crippen LogP contribution >= 0.6 is 11.8 Å². The normalized spacial score (nSPS) is 13.1. The Morgan fingerprint density at radius 1 is 0.336 bits per heavy atom. The van der Waals surface area contributed by atoms with Crippen molar-refractivity contribution in [1.29, 1.82) is 0 Å². The Hall–Kier alpha value is -9.45. The van der Waals surface area contributed by atoms with Gasteiger partial charge in [-0.2, -0.15) is 0 Å². The van der Waals surface area contributed by atoms with Gasteiger partial charge < -0.3 is 44.2 Å². The van der Waals surface area contributed by atoms with Gasteiger partial charge in [0, 0.05) is 29.9 Å². The van der Waals surface area contributed by atoms with Crippen LogP contribution in [0.1, 0.15) is 470 Å². The van der Waals surface area contributed by atoms with Crippen molar-refractivity contribution < 1.29 is 44.2 Å². The monoisotopic (exact) mass is 2030 g/mol. The van der Waals surface area contributed by atoms with Gasteiger partial charge in [0.15, 0.2) is 0 Å². The van der Waals surface area contributed by atoms with Crippen LogP contribution in [0.4, 0.5) is 0 Å². The molecule has 820 valence electrons. The van der Waals surface area contributed by atoms with E-state index in [-0.39, 0.29) is 63.6 Å². The van der Waals surface area contributed by atoms with Crippen LogP contribution in [0.25, 0.3) is 33.4 Å². The number of furan rings is 10. The second-order valence-corrected chi connectivity index (χ2v) is 51.0. The first-order valence-corrected chi connectivity index (χ1v) is 54.4. The van der Waals surface area contributed by atoms with Crippen LogP contribution in [0.5, 0.6) is 0 Å². The third-order valence-electron chi connectivity index (χ3n) is 21.2. The summed E-state index contributed by atoms with van der Waals surface area (Å²) in [6, 6.07) is 32.4. The zero-order chi connectivity index (χ0) is 110. The second kappa shape index (κ2) is 66.9. The largest absolute Gasteiger partial charge is 0.469 e. The molecule has 10 nitrogen and oxygen atoms in total. The van der Waals surface area contributed by atoms with Crippen LogP contribution in [-0.2, 0) is 18.6 Å². The quantitative estimate of drug-likeness (QED) is 0.0360. The van der Waals surface area contributed by atoms with Crippen LogP contribution < -0.4 is 0 Å². The minimum atomic E-state index is 0. The minimum absolute atomic E-state index is 0. The first-order valence-electron chi connectivity index (χ1n) is 53.4. The number of unbranched alkanes of at least 4 members (excludes halogenated alkanes) is 4. The van der Waals surface area contributed by atoms with Crippen molar-refractivity contribution >= 4 is 45.2 Å². The summed E-state index contributed by atoms with van der Waals surface area (Å²) in [5.41, 5.74) is 16.6. The summed E-state index contributed by atoms with van der Waals surface area (Å²) in [6.07, 6.45) is 52.2. The standard InChI is InChI=1S/C16H26O.2C14H22O.5C13H20O.C12H18OS.C12H18O.2CH4/c1-5-6-7-8-10-14(13-16(2,3)4)15-11-9-12-17-15;1-11(7-6-10-14(3,4)5)13-9-8-12(2)15-13;1-5-6-8-12(11-14(2,3)4)13-9-7-10-15-13;1-9(8-13(4,5)6)12-7-10(2)14-11(12)3;1-9(7-13(4,5)6)12-10(2)8-14-11(12)3;1-9-7-12(14-11(9)3)10(2)8-13(4,5)6;1-11-8-9-12(14-11)7-5-6-10-13(2,3)4;1-5-7-11(10-13(2,3)4)12-8-6-9-14-12;1-10-5-6-11(13-10)9-14-8-7-12(2,3)4;1-10(9-12(2,3)4)8-11-6-5-7-13-11;;/h9,11-13H,5-8,10H2,1-4H3;6,8-11H,7H2,1-5H3;7,9-11H,5-6,8H2,1-4H3;3*7-8H,1-6H3;2*6,8-10H,5,7H2,1-4H3;5-8H,9H2,1-4H3;5-7,9H,8H2,1-4H3;2*1H4/b14-13+;10-6+;12-11+;9-8+;9-7+;10-8+;10-6+;11-10+;8-7+;10-9+;;. The lowest BCUT2D eigenvalue weighted by atomic mass is 9.91. The average Bonchev–Trinajstić information content (AvgIpc) is 1.68. The Bertz CT molecular complexity index is 5300. The maximum Gasteiger partial charge on any atom is 0.129 e. The Morgan fingerprint density at radius 3 is 1.13 bits per heavy atom. The number of aryl methyl sites for hydroxylation is 10. The Morgan fingerprint density at radius 2 is 0.760 bits per heavy atom. The molecule has 10 rings (SSSR count). The Balaban J connectivity index is 0. The van der Waals surface area contributed by atoms with Gasteiger partial charge in [-0.05, 0) is 336 Å². The smallest absolute Gasteiger partial charge is 0.129 e. The number of hydrogen-bond acceptors (Lipinski definition) is 11. The van der Waals surface area contributed by atoms with Crippen molar-refractivity contribution in [1.82, 2.24) is 0 Å². The topological polar surface area (TPSA) is 131 Å². The van der Waals surface area contributed by atoms with E-state index in [1.807, 2.05) is 121 Å². The maximum atomic E-state index is 5.65. The SMILES string of the molecule is C.C.C/C(=C\C(C)(C)C)Cc1ccco1.C/C(=C\C(C)(C)C)c1c(C)coc1C.C/C(=C\C(C)(C)C)c1cc(C)c(C)o1.C/C(=C\C(C)(C)C)c1cc(C)oc1C.CCC/C(=C\C(C)(C)C)c1ccco1.CCCC/C(=C\C(C)(C)C)c1ccco1.CCCCCC/C(=C\C(C)(C)C)c1ccco1.Cc1ccc(C(C)C/C=C/C(C)(C)C)o1.Cc1ccc(CC/C=C/C(C)(C)C)o1.Cc1ccc(CS/C=C/C(C)(C)C)o1. The molecule has 11 heteroatoms. The van der Waals surface area contributed by atoms with Crippen LogP contribution in [-0.4, -0.2) is 0 Å². The fraction of sp³-hybridized carbons (Fsp3) is 0.556. The molecule has 1 atom stereocenters. The summed E-state index contributed by atoms with van der Waals surface area (Å²) in [6.45, 7) is 102. The number of allylic oxidation sites excluding steroid dienone is 19. The highest BCUT2D eigenvalue weighted by Crippen LogP contribution is 2.36. The van der Waals surface area contributed by atoms with E-state index < -0.39 is 0 Å². The molecule has 0 aliphatic carbocycles. The summed E-state index contributed by atoms with van der Waals surface area (Å²) in [4.78, 5) is 0. The highest BCUT2D eigenvalue weighted by Gasteiger charge is 2.20. The number of hydrogen-bond donors (Lipinski definition) is 0. The van der Waals surface area contributed by atoms with Gasteiger partial charge in [0.2, 0.25) is 0 Å². The molecule has 10 aromatic heterocycles. The molecule has 0 aliphatic heterocycles. The van der Waals surface area contributed by atoms with Crippen molar-refractivity contribution in [2.24, 2.45) is 54.1 Å². The van der Waals surface area contributed by atoms with E-state index in [1.54, 1.807) is 36.8 Å². The molecule has 10 aromatic rings. The van der Waals surface area contributed by atoms with Gasteiger partial charge in [-0.15, -0.1) is 11.8 Å². The minimum Gasteiger partial charge on any atom is -0.469 e. The molecule has 0 aromatic carbocycles. The van der Waals surface area contributed by atoms with Gasteiger partial charge in [-0.1, -0.05) is 361 Å². The maximum absolute atomic E-state index is 5.65. The fourth-order valence-corrected chi connectivity index (χ4v) is 16.3. The third kappa shape index (κ3) is 69.7. The van der Waals surface area contributed by atoms with E-state index in [4.69, 9.17) is 44.2 Å². The molecular weight excluding hydrogens is 1810 g/mol. The van der Waals surface area contributed by atoms with E-state index in [0.29, 0.717) is 11.3 Å². The van der Waals surface area contributed by atoms with E-state index in [1.165, 1.54) is 99.8 Å². The predicted octanol–water partition coefficient (Wildman–Crippen LogP) is 46.4. The Kier molecular flexibility index (Phi) is 63.5. The summed E-state index contributed by atoms with van der Waals surface area (Å²) >= 11 is 1.77. The van der Waals surface area contributed by atoms with E-state index in [2.05, 4.69) is 386 Å². The summed E-state index contributed by atoms with van der Waals surface area (Å²) in [7, 11) is 0. The summed E-state index contributed by atoms with van der Waals surface area (Å²) in [5, 5.41) is 2.15. The van der Waals surface area contributed by atoms with Crippen molar-refractivity contribution in [2.75, 3.05) is 0 Å². The lowest BCUT2D eigenvalue weighted by Gasteiger charge is -2.15. The number of rotatable bonds is 27. The molecule has 0 bridgehead atoms. The highest BCUT2D eigenvalue weighted by molar-refractivity contribution is 8.01. The molecule has 0 fully saturated rings. The predicted molar refractivity (Wildman–Crippen MR) is 643 cm³/mol. The molecule has 0 spiro atoms. The second-order valence-electron chi connectivity index (χ2n) is 50.1. The number of thioether (sulfide) groups is 1. The molecule has 0 amide bonds. The van der Waals surface area contributed by atoms with Crippen LogP contribution in [0, 0.1) is 116 Å². The molecule has 1 unspecified atom stereocenters. The van der Waals surface area contributed by atoms with E-state index >= 15 is 0 Å². The van der Waals surface area contributed by atoms with E-state index in [9.17, 15) is 0 Å². The molecule has 10 heterocycles. The van der Waals surface area contributed by atoms with Gasteiger partial charge in [-0.3, -0.25) is 0 Å². The molecule has 0 radical (unpaired) electrons. The van der Waals surface area contributed by atoms with Crippen molar-refractivity contribution in [3.63, 3.8) is 0 Å². The van der Waals surface area contributed by atoms with Crippen molar-refractivity contribution in [3.8, 4) is 0 Å². The zero-order valence-electron chi connectivity index (χ0n) is 100. The molecule has 146 heavy (non-hydrogen) atoms. The van der Waals surface area contributed by atoms with E-state index in [0.717, 1.165) is 144 Å². The van der Waals surface area contributed by atoms with Gasteiger partial charge in [0.05, 0.1) is 37.1 Å². The first kappa shape index (κ1) is 139. The molecule has 0 N–H and O–H groups in total. The molecule has 0 saturated heterocycles. The lowest BCUT2D eigenvalue weighted by molar-refractivity contribution is 0.453. The van der Waals surface area contributed by atoms with Gasteiger partial charge in [0.25, 0.3) is 0 Å². The molecular formula is C135H214O10S. The van der Waals surface area contributed by atoms with Gasteiger partial charge in [0.1, 0.15) is 86.4 Å². The Labute approximate surface area is 900 Å². The molecule has 0 aliphatic rings. The van der Waals surface area contributed by atoms with Crippen molar-refractivity contribution in [3.05, 3.63) is 321 Å². The molecule has 0 saturated carbocycles. The summed E-state index contributed by atoms with van der Waals surface area (Å²) in [5.74, 6) is 16.7.